The van der Waals surface area contributed by atoms with Crippen molar-refractivity contribution in [3.05, 3.63) is 46.4 Å². The van der Waals surface area contributed by atoms with Gasteiger partial charge < -0.3 is 5.32 Å². The predicted octanol–water partition coefficient (Wildman–Crippen LogP) is 5.29. The molecule has 0 radical (unpaired) electrons. The van der Waals surface area contributed by atoms with E-state index in [4.69, 9.17) is 21.6 Å². The van der Waals surface area contributed by atoms with Gasteiger partial charge in [0.15, 0.2) is 5.82 Å². The van der Waals surface area contributed by atoms with Gasteiger partial charge in [0.1, 0.15) is 11.6 Å². The number of aromatic nitrogens is 5. The number of anilines is 2. The Hall–Kier alpha value is -1.74. The molecule has 2 heterocycles. The minimum atomic E-state index is 0.521. The molecule has 8 heteroatoms. The van der Waals surface area contributed by atoms with Crippen molar-refractivity contribution < 1.29 is 0 Å². The zero-order valence-electron chi connectivity index (χ0n) is 15.4. The topological polar surface area (TPSA) is 79.4 Å². The Morgan fingerprint density at radius 2 is 1.81 bits per heavy atom. The summed E-state index contributed by atoms with van der Waals surface area (Å²) in [6, 6.07) is 7.66. The van der Waals surface area contributed by atoms with Gasteiger partial charge in [-0.3, -0.25) is 5.10 Å². The van der Waals surface area contributed by atoms with Gasteiger partial charge in [-0.15, -0.1) is 5.10 Å². The van der Waals surface area contributed by atoms with E-state index in [-0.39, 0.29) is 0 Å². The summed E-state index contributed by atoms with van der Waals surface area (Å²) in [5.41, 5.74) is 3.10. The first-order valence-corrected chi connectivity index (χ1v) is 11.4. The van der Waals surface area contributed by atoms with E-state index < -0.39 is 0 Å². The lowest BCUT2D eigenvalue weighted by atomic mass is 10.1. The number of benzene rings is 1. The predicted molar refractivity (Wildman–Crippen MR) is 118 cm³/mol. The quantitative estimate of drug-likeness (QED) is 0.293. The molecule has 0 aliphatic heterocycles. The third-order valence-electron chi connectivity index (χ3n) is 4.38. The standard InChI is InChI=1S/C18H19ClN6.CH3I/c1-11-20-18(25-24-11)23-17-13-8-3-2-4-10-15(13)21-16(22-17)12-7-5-6-9-14(12)19;1-2/h5-7,9H,2-4,8,10H2,1H3,(H2,20,21,22,23,24,25);1H3. The van der Waals surface area contributed by atoms with Crippen molar-refractivity contribution in [2.24, 2.45) is 0 Å². The first-order chi connectivity index (χ1) is 13.2. The molecule has 0 saturated carbocycles. The Balaban J connectivity index is 0.00000102. The third kappa shape index (κ3) is 4.76. The third-order valence-corrected chi connectivity index (χ3v) is 4.70. The monoisotopic (exact) mass is 496 g/mol. The number of nitrogens with one attached hydrogen (secondary N) is 2. The number of hydrogen-bond donors (Lipinski definition) is 2. The molecule has 142 valence electrons. The van der Waals surface area contributed by atoms with Gasteiger partial charge in [0, 0.05) is 16.8 Å². The fourth-order valence-electron chi connectivity index (χ4n) is 3.14. The van der Waals surface area contributed by atoms with E-state index in [0.29, 0.717) is 16.8 Å². The summed E-state index contributed by atoms with van der Waals surface area (Å²) < 4.78 is 0. The van der Waals surface area contributed by atoms with E-state index >= 15 is 0 Å². The maximum atomic E-state index is 6.36. The van der Waals surface area contributed by atoms with Gasteiger partial charge in [0.05, 0.1) is 5.02 Å². The Labute approximate surface area is 177 Å². The van der Waals surface area contributed by atoms with Crippen LogP contribution in [-0.2, 0) is 12.8 Å². The highest BCUT2D eigenvalue weighted by Gasteiger charge is 2.19. The van der Waals surface area contributed by atoms with Crippen LogP contribution < -0.4 is 5.32 Å². The van der Waals surface area contributed by atoms with Gasteiger partial charge in [-0.05, 0) is 49.7 Å². The van der Waals surface area contributed by atoms with Gasteiger partial charge in [-0.2, -0.15) is 4.98 Å². The van der Waals surface area contributed by atoms with Crippen LogP contribution in [0.1, 0.15) is 36.3 Å². The summed E-state index contributed by atoms with van der Waals surface area (Å²) in [6.45, 7) is 1.87. The van der Waals surface area contributed by atoms with Crippen molar-refractivity contribution in [2.45, 2.75) is 39.0 Å². The number of nitrogens with zero attached hydrogens (tertiary/aromatic N) is 4. The number of alkyl halides is 1. The molecule has 2 aromatic heterocycles. The minimum absolute atomic E-state index is 0.521. The van der Waals surface area contributed by atoms with Gasteiger partial charge in [0.2, 0.25) is 5.95 Å². The lowest BCUT2D eigenvalue weighted by molar-refractivity contribution is 0.709. The Morgan fingerprint density at radius 1 is 1.04 bits per heavy atom. The van der Waals surface area contributed by atoms with E-state index in [1.54, 1.807) is 0 Å². The fraction of sp³-hybridized carbons (Fsp3) is 0.368. The molecule has 1 aromatic carbocycles. The molecule has 27 heavy (non-hydrogen) atoms. The summed E-state index contributed by atoms with van der Waals surface area (Å²) in [5.74, 6) is 2.70. The van der Waals surface area contributed by atoms with Crippen molar-refractivity contribution in [3.8, 4) is 11.4 Å². The highest BCUT2D eigenvalue weighted by atomic mass is 127. The molecule has 0 saturated heterocycles. The highest BCUT2D eigenvalue weighted by molar-refractivity contribution is 14.1. The zero-order chi connectivity index (χ0) is 19.2. The van der Waals surface area contributed by atoms with E-state index in [9.17, 15) is 0 Å². The van der Waals surface area contributed by atoms with Crippen LogP contribution >= 0.6 is 34.2 Å². The van der Waals surface area contributed by atoms with Crippen LogP contribution in [0, 0.1) is 6.92 Å². The molecule has 0 unspecified atom stereocenters. The maximum Gasteiger partial charge on any atom is 0.247 e. The number of fused-ring (bicyclic) bond motifs is 1. The summed E-state index contributed by atoms with van der Waals surface area (Å²) in [6.07, 6.45) is 5.41. The van der Waals surface area contributed by atoms with Gasteiger partial charge in [-0.25, -0.2) is 9.97 Å². The highest BCUT2D eigenvalue weighted by Crippen LogP contribution is 2.31. The number of aromatic amines is 1. The number of hydrogen-bond acceptors (Lipinski definition) is 5. The van der Waals surface area contributed by atoms with Crippen LogP contribution in [0.4, 0.5) is 11.8 Å². The second kappa shape index (κ2) is 9.45. The summed E-state index contributed by atoms with van der Waals surface area (Å²) >= 11 is 8.51. The van der Waals surface area contributed by atoms with E-state index in [1.165, 1.54) is 6.42 Å². The number of rotatable bonds is 3. The Kier molecular flexibility index (Phi) is 7.01. The van der Waals surface area contributed by atoms with Gasteiger partial charge in [0.25, 0.3) is 0 Å². The largest absolute Gasteiger partial charge is 0.307 e. The molecule has 6 nitrogen and oxygen atoms in total. The van der Waals surface area contributed by atoms with Crippen molar-refractivity contribution in [1.82, 2.24) is 25.1 Å². The van der Waals surface area contributed by atoms with Crippen molar-refractivity contribution >= 4 is 46.0 Å². The maximum absolute atomic E-state index is 6.36. The molecule has 1 aliphatic rings. The van der Waals surface area contributed by atoms with Gasteiger partial charge in [-0.1, -0.05) is 52.7 Å². The van der Waals surface area contributed by atoms with E-state index in [2.05, 4.69) is 43.1 Å². The van der Waals surface area contributed by atoms with Crippen LogP contribution in [0.2, 0.25) is 5.02 Å². The van der Waals surface area contributed by atoms with Crippen LogP contribution in [0.25, 0.3) is 11.4 Å². The molecule has 0 bridgehead atoms. The fourth-order valence-corrected chi connectivity index (χ4v) is 3.36. The SMILES string of the molecule is CI.Cc1nc(Nc2nc(-c3ccccc3Cl)nc3c2CCCCC3)n[nH]1. The van der Waals surface area contributed by atoms with E-state index in [1.807, 2.05) is 36.1 Å². The smallest absolute Gasteiger partial charge is 0.247 e. The molecular formula is C19H22ClIN6. The van der Waals surface area contributed by atoms with Crippen molar-refractivity contribution in [3.63, 3.8) is 0 Å². The first-order valence-electron chi connectivity index (χ1n) is 8.89. The molecule has 1 aliphatic carbocycles. The van der Waals surface area contributed by atoms with Crippen molar-refractivity contribution in [2.75, 3.05) is 10.2 Å². The zero-order valence-corrected chi connectivity index (χ0v) is 18.3. The number of halogens is 2. The van der Waals surface area contributed by atoms with Crippen LogP contribution in [-0.4, -0.2) is 30.1 Å². The Morgan fingerprint density at radius 3 is 2.56 bits per heavy atom. The number of aryl methyl sites for hydroxylation is 2. The molecule has 0 amide bonds. The van der Waals surface area contributed by atoms with Crippen LogP contribution in [0.3, 0.4) is 0 Å². The second-order valence-electron chi connectivity index (χ2n) is 6.23. The first kappa shape index (κ1) is 20.0. The molecule has 2 N–H and O–H groups in total. The molecule has 0 fully saturated rings. The second-order valence-corrected chi connectivity index (χ2v) is 6.64. The van der Waals surface area contributed by atoms with Crippen LogP contribution in [0.15, 0.2) is 24.3 Å². The van der Waals surface area contributed by atoms with Gasteiger partial charge >= 0.3 is 0 Å². The average Bonchev–Trinajstić information content (AvgIpc) is 2.94. The molecule has 0 spiro atoms. The minimum Gasteiger partial charge on any atom is -0.307 e. The molecular weight excluding hydrogens is 475 g/mol. The van der Waals surface area contributed by atoms with Crippen molar-refractivity contribution in [1.29, 1.82) is 0 Å². The summed E-state index contributed by atoms with van der Waals surface area (Å²) in [7, 11) is 0. The molecule has 0 atom stereocenters. The lowest BCUT2D eigenvalue weighted by Crippen LogP contribution is -2.08. The van der Waals surface area contributed by atoms with E-state index in [0.717, 1.165) is 54.1 Å². The molecule has 3 aromatic rings. The van der Waals surface area contributed by atoms with Crippen LogP contribution in [0.5, 0.6) is 0 Å². The number of H-pyrrole nitrogens is 1. The Bertz CT molecular complexity index is 911. The summed E-state index contributed by atoms with van der Waals surface area (Å²) in [5, 5.41) is 10.9. The normalized spacial score (nSPS) is 13.2. The summed E-state index contributed by atoms with van der Waals surface area (Å²) in [4.78, 5) is 15.9. The lowest BCUT2D eigenvalue weighted by Gasteiger charge is -2.14. The molecule has 4 rings (SSSR count). The average molecular weight is 497 g/mol.